The summed E-state index contributed by atoms with van der Waals surface area (Å²) in [7, 11) is 0. The Bertz CT molecular complexity index is 601. The van der Waals surface area contributed by atoms with E-state index in [0.29, 0.717) is 11.6 Å². The number of hydrogen-bond donors (Lipinski definition) is 3. The molecule has 2 rings (SSSR count). The van der Waals surface area contributed by atoms with E-state index >= 15 is 0 Å². The van der Waals surface area contributed by atoms with E-state index in [0.717, 1.165) is 16.8 Å². The summed E-state index contributed by atoms with van der Waals surface area (Å²) in [5.74, 6) is 6.52. The van der Waals surface area contributed by atoms with Crippen LogP contribution in [0.1, 0.15) is 11.3 Å². The fourth-order valence-corrected chi connectivity index (χ4v) is 1.72. The van der Waals surface area contributed by atoms with Gasteiger partial charge in [0.1, 0.15) is 11.6 Å². The number of nitrogen functional groups attached to an aromatic ring is 1. The van der Waals surface area contributed by atoms with Crippen molar-refractivity contribution in [2.75, 3.05) is 5.43 Å². The molecule has 0 radical (unpaired) electrons. The van der Waals surface area contributed by atoms with Crippen molar-refractivity contribution in [2.24, 2.45) is 5.84 Å². The molecule has 0 bridgehead atoms. The molecular formula is C12H13ClN4O. The number of rotatable bonds is 2. The summed E-state index contributed by atoms with van der Waals surface area (Å²) in [6.07, 6.45) is 0. The standard InChI is InChI=1S/C12H13ClN4O/c1-6-7(2)15-12(16-11(6)17-14)8-3-4-10(18)9(13)5-8/h3-5,18H,14H2,1-2H3,(H,15,16,17). The van der Waals surface area contributed by atoms with E-state index in [2.05, 4.69) is 15.4 Å². The fourth-order valence-electron chi connectivity index (χ4n) is 1.54. The smallest absolute Gasteiger partial charge is 0.161 e. The Hall–Kier alpha value is -1.85. The first-order valence-corrected chi connectivity index (χ1v) is 5.71. The Morgan fingerprint density at radius 1 is 1.28 bits per heavy atom. The maximum Gasteiger partial charge on any atom is 0.161 e. The van der Waals surface area contributed by atoms with Gasteiger partial charge in [-0.05, 0) is 32.0 Å². The molecule has 6 heteroatoms. The van der Waals surface area contributed by atoms with E-state index in [9.17, 15) is 5.11 Å². The second-order valence-electron chi connectivity index (χ2n) is 3.92. The van der Waals surface area contributed by atoms with Gasteiger partial charge in [-0.25, -0.2) is 15.8 Å². The first kappa shape index (κ1) is 12.6. The highest BCUT2D eigenvalue weighted by molar-refractivity contribution is 6.32. The summed E-state index contributed by atoms with van der Waals surface area (Å²) < 4.78 is 0. The van der Waals surface area contributed by atoms with Crippen LogP contribution in [0.15, 0.2) is 18.2 Å². The number of hydrazine groups is 1. The number of phenolic OH excluding ortho intramolecular Hbond substituents is 1. The van der Waals surface area contributed by atoms with Crippen LogP contribution in [0.25, 0.3) is 11.4 Å². The van der Waals surface area contributed by atoms with Crippen LogP contribution in [-0.4, -0.2) is 15.1 Å². The van der Waals surface area contributed by atoms with Gasteiger partial charge < -0.3 is 10.5 Å². The topological polar surface area (TPSA) is 84.1 Å². The van der Waals surface area contributed by atoms with Gasteiger partial charge in [-0.2, -0.15) is 0 Å². The molecule has 0 atom stereocenters. The summed E-state index contributed by atoms with van der Waals surface area (Å²) in [4.78, 5) is 8.68. The number of halogens is 1. The summed E-state index contributed by atoms with van der Waals surface area (Å²) in [6.45, 7) is 3.77. The van der Waals surface area contributed by atoms with E-state index in [1.807, 2.05) is 13.8 Å². The van der Waals surface area contributed by atoms with Crippen LogP contribution in [-0.2, 0) is 0 Å². The molecule has 0 aliphatic heterocycles. The summed E-state index contributed by atoms with van der Waals surface area (Å²) in [5.41, 5.74) is 4.98. The maximum absolute atomic E-state index is 9.38. The first-order valence-electron chi connectivity index (χ1n) is 5.33. The minimum Gasteiger partial charge on any atom is -0.506 e. The Morgan fingerprint density at radius 3 is 2.61 bits per heavy atom. The molecule has 0 fully saturated rings. The first-order chi connectivity index (χ1) is 8.52. The highest BCUT2D eigenvalue weighted by Crippen LogP contribution is 2.29. The largest absolute Gasteiger partial charge is 0.506 e. The number of benzene rings is 1. The number of aromatic nitrogens is 2. The van der Waals surface area contributed by atoms with Crippen molar-refractivity contribution < 1.29 is 5.11 Å². The maximum atomic E-state index is 9.38. The number of phenols is 1. The summed E-state index contributed by atoms with van der Waals surface area (Å²) >= 11 is 5.86. The SMILES string of the molecule is Cc1nc(-c2ccc(O)c(Cl)c2)nc(NN)c1C. The molecule has 0 aliphatic carbocycles. The number of hydrogen-bond acceptors (Lipinski definition) is 5. The zero-order chi connectivity index (χ0) is 13.3. The van der Waals surface area contributed by atoms with Gasteiger partial charge in [-0.15, -0.1) is 0 Å². The van der Waals surface area contributed by atoms with Crippen molar-refractivity contribution in [3.8, 4) is 17.1 Å². The zero-order valence-electron chi connectivity index (χ0n) is 10.0. The molecule has 2 aromatic rings. The molecule has 1 heterocycles. The van der Waals surface area contributed by atoms with Gasteiger partial charge in [0, 0.05) is 16.8 Å². The highest BCUT2D eigenvalue weighted by Gasteiger charge is 2.10. The molecule has 94 valence electrons. The van der Waals surface area contributed by atoms with E-state index in [1.165, 1.54) is 6.07 Å². The van der Waals surface area contributed by atoms with Crippen LogP contribution >= 0.6 is 11.6 Å². The number of aromatic hydroxyl groups is 1. The second-order valence-corrected chi connectivity index (χ2v) is 4.32. The molecule has 0 saturated heterocycles. The van der Waals surface area contributed by atoms with Gasteiger partial charge in [-0.3, -0.25) is 0 Å². The van der Waals surface area contributed by atoms with Crippen LogP contribution in [0.2, 0.25) is 5.02 Å². The number of nitrogens with two attached hydrogens (primary N) is 1. The molecule has 0 saturated carbocycles. The molecule has 0 aliphatic rings. The highest BCUT2D eigenvalue weighted by atomic mass is 35.5. The van der Waals surface area contributed by atoms with Crippen molar-refractivity contribution >= 4 is 17.4 Å². The lowest BCUT2D eigenvalue weighted by molar-refractivity contribution is 0.475. The van der Waals surface area contributed by atoms with Gasteiger partial charge in [-0.1, -0.05) is 11.6 Å². The molecule has 0 amide bonds. The lowest BCUT2D eigenvalue weighted by atomic mass is 10.2. The van der Waals surface area contributed by atoms with E-state index in [1.54, 1.807) is 12.1 Å². The summed E-state index contributed by atoms with van der Waals surface area (Å²) in [5, 5.41) is 9.65. The van der Waals surface area contributed by atoms with Gasteiger partial charge >= 0.3 is 0 Å². The van der Waals surface area contributed by atoms with E-state index < -0.39 is 0 Å². The molecule has 4 N–H and O–H groups in total. The van der Waals surface area contributed by atoms with Crippen molar-refractivity contribution in [3.63, 3.8) is 0 Å². The lowest BCUT2D eigenvalue weighted by Crippen LogP contribution is -2.12. The van der Waals surface area contributed by atoms with Gasteiger partial charge in [0.25, 0.3) is 0 Å². The molecule has 18 heavy (non-hydrogen) atoms. The van der Waals surface area contributed by atoms with Crippen LogP contribution in [0.5, 0.6) is 5.75 Å². The van der Waals surface area contributed by atoms with Gasteiger partial charge in [0.15, 0.2) is 5.82 Å². The average molecular weight is 265 g/mol. The number of nitrogens with zero attached hydrogens (tertiary/aromatic N) is 2. The number of aryl methyl sites for hydroxylation is 1. The minimum atomic E-state index is 0.0291. The lowest BCUT2D eigenvalue weighted by Gasteiger charge is -2.09. The van der Waals surface area contributed by atoms with Crippen LogP contribution in [0.4, 0.5) is 5.82 Å². The van der Waals surface area contributed by atoms with Gasteiger partial charge in [0.2, 0.25) is 0 Å². The molecule has 1 aromatic heterocycles. The predicted molar refractivity (Wildman–Crippen MR) is 71.4 cm³/mol. The summed E-state index contributed by atoms with van der Waals surface area (Å²) in [6, 6.07) is 4.82. The van der Waals surface area contributed by atoms with Crippen LogP contribution < -0.4 is 11.3 Å². The number of anilines is 1. The molecule has 0 spiro atoms. The van der Waals surface area contributed by atoms with Crippen LogP contribution in [0, 0.1) is 13.8 Å². The molecule has 0 unspecified atom stereocenters. The monoisotopic (exact) mass is 264 g/mol. The van der Waals surface area contributed by atoms with Crippen molar-refractivity contribution in [2.45, 2.75) is 13.8 Å². The molecular weight excluding hydrogens is 252 g/mol. The molecule has 1 aromatic carbocycles. The zero-order valence-corrected chi connectivity index (χ0v) is 10.8. The Labute approximate surface area is 110 Å². The van der Waals surface area contributed by atoms with Gasteiger partial charge in [0.05, 0.1) is 5.02 Å². The Kier molecular flexibility index (Phi) is 3.36. The normalized spacial score (nSPS) is 10.4. The minimum absolute atomic E-state index is 0.0291. The van der Waals surface area contributed by atoms with E-state index in [4.69, 9.17) is 17.4 Å². The third-order valence-corrected chi connectivity index (χ3v) is 3.03. The van der Waals surface area contributed by atoms with E-state index in [-0.39, 0.29) is 10.8 Å². The van der Waals surface area contributed by atoms with Crippen molar-refractivity contribution in [3.05, 3.63) is 34.5 Å². The average Bonchev–Trinajstić information content (AvgIpc) is 2.36. The predicted octanol–water partition coefficient (Wildman–Crippen LogP) is 2.41. The third kappa shape index (κ3) is 2.23. The fraction of sp³-hybridized carbons (Fsp3) is 0.167. The quantitative estimate of drug-likeness (QED) is 0.573. The molecule has 5 nitrogen and oxygen atoms in total. The third-order valence-electron chi connectivity index (χ3n) is 2.73. The van der Waals surface area contributed by atoms with Crippen molar-refractivity contribution in [1.82, 2.24) is 9.97 Å². The number of nitrogens with one attached hydrogen (secondary N) is 1. The second kappa shape index (κ2) is 4.80. The Morgan fingerprint density at radius 2 is 2.00 bits per heavy atom. The Balaban J connectivity index is 2.57. The van der Waals surface area contributed by atoms with Crippen molar-refractivity contribution in [1.29, 1.82) is 0 Å². The van der Waals surface area contributed by atoms with Crippen LogP contribution in [0.3, 0.4) is 0 Å².